The topological polar surface area (TPSA) is 54.5 Å². The van der Waals surface area contributed by atoms with E-state index in [0.29, 0.717) is 5.16 Å². The first-order valence-electron chi connectivity index (χ1n) is 5.33. The van der Waals surface area contributed by atoms with Crippen molar-refractivity contribution in [2.24, 2.45) is 0 Å². The average molecular weight is 321 g/mol. The van der Waals surface area contributed by atoms with E-state index in [1.54, 1.807) is 0 Å². The van der Waals surface area contributed by atoms with E-state index in [-0.39, 0.29) is 0 Å². The highest BCUT2D eigenvalue weighted by molar-refractivity contribution is 9.10. The molecule has 6 heteroatoms. The van der Waals surface area contributed by atoms with Gasteiger partial charge in [0, 0.05) is 21.1 Å². The molecule has 90 valence electrons. The molecule has 0 fully saturated rings. The number of thioether (sulfide) groups is 1. The van der Waals surface area contributed by atoms with Crippen LogP contribution < -0.4 is 0 Å². The van der Waals surface area contributed by atoms with Crippen LogP contribution in [0.1, 0.15) is 0 Å². The smallest absolute Gasteiger partial charge is 0.211 e. The summed E-state index contributed by atoms with van der Waals surface area (Å²) < 4.78 is 1.02. The lowest BCUT2D eigenvalue weighted by molar-refractivity contribution is 0.879. The summed E-state index contributed by atoms with van der Waals surface area (Å²) in [6.45, 7) is 3.67. The SMILES string of the molecule is C=CCSc1nnc2c(n1)[nH]c1ccc(Br)cc12. The van der Waals surface area contributed by atoms with Crippen LogP contribution in [0.4, 0.5) is 0 Å². The minimum Gasteiger partial charge on any atom is -0.338 e. The summed E-state index contributed by atoms with van der Waals surface area (Å²) in [5, 5.41) is 10.0. The van der Waals surface area contributed by atoms with Gasteiger partial charge >= 0.3 is 0 Å². The molecule has 3 aromatic rings. The Morgan fingerprint density at radius 2 is 2.28 bits per heavy atom. The van der Waals surface area contributed by atoms with Gasteiger partial charge in [-0.2, -0.15) is 0 Å². The molecule has 0 atom stereocenters. The Hall–Kier alpha value is -1.40. The fraction of sp³-hybridized carbons (Fsp3) is 0.0833. The van der Waals surface area contributed by atoms with Gasteiger partial charge in [-0.1, -0.05) is 33.8 Å². The molecule has 0 aliphatic heterocycles. The zero-order valence-corrected chi connectivity index (χ0v) is 11.8. The summed E-state index contributed by atoms with van der Waals surface area (Å²) >= 11 is 4.97. The largest absolute Gasteiger partial charge is 0.338 e. The second-order valence-corrected chi connectivity index (χ2v) is 5.61. The number of rotatable bonds is 3. The van der Waals surface area contributed by atoms with E-state index in [2.05, 4.69) is 42.7 Å². The Labute approximate surface area is 116 Å². The maximum atomic E-state index is 4.45. The van der Waals surface area contributed by atoms with Crippen LogP contribution in [0.15, 0.2) is 40.5 Å². The Morgan fingerprint density at radius 1 is 1.39 bits per heavy atom. The number of aromatic nitrogens is 4. The first-order valence-corrected chi connectivity index (χ1v) is 7.11. The Bertz CT molecular complexity index is 737. The van der Waals surface area contributed by atoms with Crippen molar-refractivity contribution in [1.82, 2.24) is 20.2 Å². The molecule has 0 bridgehead atoms. The van der Waals surface area contributed by atoms with Crippen molar-refractivity contribution >= 4 is 49.8 Å². The molecule has 1 N–H and O–H groups in total. The monoisotopic (exact) mass is 320 g/mol. The molecule has 0 unspecified atom stereocenters. The standard InChI is InChI=1S/C12H9BrN4S/c1-2-5-18-12-15-11-10(16-17-12)8-6-7(13)3-4-9(8)14-11/h2-4,6H,1,5H2,(H,14,15,17). The van der Waals surface area contributed by atoms with Gasteiger partial charge in [0.25, 0.3) is 0 Å². The van der Waals surface area contributed by atoms with Crippen LogP contribution in [-0.2, 0) is 0 Å². The van der Waals surface area contributed by atoms with Crippen molar-refractivity contribution in [2.45, 2.75) is 5.16 Å². The van der Waals surface area contributed by atoms with Crippen LogP contribution in [-0.4, -0.2) is 25.9 Å². The van der Waals surface area contributed by atoms with Crippen molar-refractivity contribution in [3.8, 4) is 0 Å². The number of hydrogen-bond acceptors (Lipinski definition) is 4. The molecule has 0 aliphatic carbocycles. The first-order chi connectivity index (χ1) is 8.78. The van der Waals surface area contributed by atoms with Gasteiger partial charge in [-0.3, -0.25) is 0 Å². The number of aromatic amines is 1. The van der Waals surface area contributed by atoms with Crippen molar-refractivity contribution in [3.05, 3.63) is 35.3 Å². The van der Waals surface area contributed by atoms with Crippen LogP contribution in [0.5, 0.6) is 0 Å². The highest BCUT2D eigenvalue weighted by atomic mass is 79.9. The summed E-state index contributed by atoms with van der Waals surface area (Å²) in [5.74, 6) is 0.777. The zero-order valence-electron chi connectivity index (χ0n) is 9.35. The van der Waals surface area contributed by atoms with Crippen LogP contribution in [0.3, 0.4) is 0 Å². The van der Waals surface area contributed by atoms with Gasteiger partial charge in [0.05, 0.1) is 0 Å². The Morgan fingerprint density at radius 3 is 3.11 bits per heavy atom. The summed E-state index contributed by atoms with van der Waals surface area (Å²) in [6.07, 6.45) is 1.82. The Balaban J connectivity index is 2.17. The van der Waals surface area contributed by atoms with Gasteiger partial charge in [-0.15, -0.1) is 16.8 Å². The predicted octanol–water partition coefficient (Wildman–Crippen LogP) is 3.55. The molecule has 0 saturated carbocycles. The fourth-order valence-corrected chi connectivity index (χ4v) is 2.61. The van der Waals surface area contributed by atoms with Crippen LogP contribution in [0, 0.1) is 0 Å². The average Bonchev–Trinajstić information content (AvgIpc) is 2.73. The van der Waals surface area contributed by atoms with Gasteiger partial charge in [0.2, 0.25) is 5.16 Å². The fourth-order valence-electron chi connectivity index (χ4n) is 1.72. The van der Waals surface area contributed by atoms with Gasteiger partial charge in [-0.05, 0) is 18.2 Å². The van der Waals surface area contributed by atoms with E-state index in [0.717, 1.165) is 32.3 Å². The third-order valence-electron chi connectivity index (χ3n) is 2.49. The van der Waals surface area contributed by atoms with E-state index < -0.39 is 0 Å². The lowest BCUT2D eigenvalue weighted by Crippen LogP contribution is -1.91. The Kier molecular flexibility index (Phi) is 3.05. The van der Waals surface area contributed by atoms with Gasteiger partial charge in [0.1, 0.15) is 5.52 Å². The molecular weight excluding hydrogens is 312 g/mol. The maximum absolute atomic E-state index is 4.45. The number of halogens is 1. The summed E-state index contributed by atoms with van der Waals surface area (Å²) in [4.78, 5) is 7.70. The van der Waals surface area contributed by atoms with Gasteiger partial charge in [-0.25, -0.2) is 4.98 Å². The molecule has 2 heterocycles. The predicted molar refractivity (Wildman–Crippen MR) is 77.8 cm³/mol. The third kappa shape index (κ3) is 2.02. The molecular formula is C12H9BrN4S. The van der Waals surface area contributed by atoms with Gasteiger partial charge in [0.15, 0.2) is 5.65 Å². The molecule has 1 aromatic carbocycles. The summed E-state index contributed by atoms with van der Waals surface area (Å²) in [7, 11) is 0. The van der Waals surface area contributed by atoms with Crippen molar-refractivity contribution in [2.75, 3.05) is 5.75 Å². The highest BCUT2D eigenvalue weighted by Gasteiger charge is 2.09. The number of hydrogen-bond donors (Lipinski definition) is 1. The van der Waals surface area contributed by atoms with E-state index in [1.807, 2.05) is 24.3 Å². The molecule has 0 spiro atoms. The van der Waals surface area contributed by atoms with Gasteiger partial charge < -0.3 is 4.98 Å². The number of H-pyrrole nitrogens is 1. The molecule has 0 aliphatic rings. The van der Waals surface area contributed by atoms with E-state index >= 15 is 0 Å². The molecule has 2 aromatic heterocycles. The van der Waals surface area contributed by atoms with Crippen LogP contribution in [0.2, 0.25) is 0 Å². The lowest BCUT2D eigenvalue weighted by Gasteiger charge is -1.95. The summed E-state index contributed by atoms with van der Waals surface area (Å²) in [6, 6.07) is 6.00. The lowest BCUT2D eigenvalue weighted by atomic mass is 10.2. The molecule has 4 nitrogen and oxygen atoms in total. The summed E-state index contributed by atoms with van der Waals surface area (Å²) in [5.41, 5.74) is 2.58. The number of fused-ring (bicyclic) bond motifs is 3. The zero-order chi connectivity index (χ0) is 12.5. The molecule has 3 rings (SSSR count). The maximum Gasteiger partial charge on any atom is 0.211 e. The molecule has 0 saturated heterocycles. The number of benzene rings is 1. The molecule has 0 amide bonds. The second-order valence-electron chi connectivity index (χ2n) is 3.71. The van der Waals surface area contributed by atoms with E-state index in [4.69, 9.17) is 0 Å². The minimum absolute atomic E-state index is 0.660. The van der Waals surface area contributed by atoms with E-state index in [9.17, 15) is 0 Å². The van der Waals surface area contributed by atoms with Crippen molar-refractivity contribution in [3.63, 3.8) is 0 Å². The number of nitrogens with one attached hydrogen (secondary N) is 1. The van der Waals surface area contributed by atoms with E-state index in [1.165, 1.54) is 11.8 Å². The van der Waals surface area contributed by atoms with Crippen LogP contribution >= 0.6 is 27.7 Å². The first kappa shape index (κ1) is 11.7. The molecule has 0 radical (unpaired) electrons. The number of nitrogens with zero attached hydrogens (tertiary/aromatic N) is 3. The molecule has 18 heavy (non-hydrogen) atoms. The minimum atomic E-state index is 0.660. The third-order valence-corrected chi connectivity index (χ3v) is 3.81. The van der Waals surface area contributed by atoms with Crippen LogP contribution in [0.25, 0.3) is 22.1 Å². The second kappa shape index (κ2) is 4.70. The highest BCUT2D eigenvalue weighted by Crippen LogP contribution is 2.26. The van der Waals surface area contributed by atoms with Crippen molar-refractivity contribution in [1.29, 1.82) is 0 Å². The normalized spacial score (nSPS) is 11.2. The quantitative estimate of drug-likeness (QED) is 0.592. The van der Waals surface area contributed by atoms with Crippen molar-refractivity contribution < 1.29 is 0 Å².